The van der Waals surface area contributed by atoms with Crippen LogP contribution in [0.2, 0.25) is 0 Å². The molecule has 0 heterocycles. The summed E-state index contributed by atoms with van der Waals surface area (Å²) in [6.45, 7) is 4.29. The largest absolute Gasteiger partial charge is 0.466 e. The molecule has 1 atom stereocenters. The fourth-order valence-electron chi connectivity index (χ4n) is 3.28. The zero-order valence-corrected chi connectivity index (χ0v) is 14.4. The van der Waals surface area contributed by atoms with Crippen LogP contribution in [0.4, 0.5) is 0 Å². The highest BCUT2D eigenvalue weighted by Gasteiger charge is 2.34. The van der Waals surface area contributed by atoms with Gasteiger partial charge in [0, 0.05) is 5.56 Å². The van der Waals surface area contributed by atoms with Crippen LogP contribution in [0.5, 0.6) is 5.75 Å². The van der Waals surface area contributed by atoms with Crippen LogP contribution < -0.4 is 4.74 Å². The minimum Gasteiger partial charge on any atom is -0.466 e. The van der Waals surface area contributed by atoms with Crippen LogP contribution in [0, 0.1) is 0 Å². The Morgan fingerprint density at radius 3 is 2.53 bits per heavy atom. The molecule has 1 saturated carbocycles. The Kier molecular flexibility index (Phi) is 5.05. The summed E-state index contributed by atoms with van der Waals surface area (Å²) in [6.07, 6.45) is 7.71. The van der Waals surface area contributed by atoms with Gasteiger partial charge in [-0.3, -0.25) is 0 Å². The van der Waals surface area contributed by atoms with Gasteiger partial charge >= 0.3 is 0 Å². The molecule has 0 spiro atoms. The topological polar surface area (TPSA) is 18.5 Å². The first-order valence-corrected chi connectivity index (χ1v) is 8.32. The van der Waals surface area contributed by atoms with Gasteiger partial charge in [0.25, 0.3) is 0 Å². The molecule has 2 nitrogen and oxygen atoms in total. The smallest absolute Gasteiger partial charge is 0.187 e. The number of para-hydroxylation sites is 1. The maximum absolute atomic E-state index is 5.99. The van der Waals surface area contributed by atoms with Crippen molar-refractivity contribution in [2.24, 2.45) is 0 Å². The molecular weight excluding hydrogens is 252 g/mol. The molecule has 0 aliphatic heterocycles. The van der Waals surface area contributed by atoms with E-state index in [4.69, 9.17) is 9.16 Å². The van der Waals surface area contributed by atoms with E-state index < -0.39 is 0 Å². The van der Waals surface area contributed by atoms with Gasteiger partial charge in [0.05, 0.1) is 0 Å². The van der Waals surface area contributed by atoms with Crippen molar-refractivity contribution in [2.75, 3.05) is 0 Å². The van der Waals surface area contributed by atoms with Crippen LogP contribution in [-0.2, 0) is 9.84 Å². The fourth-order valence-corrected chi connectivity index (χ4v) is 3.37. The fraction of sp³-hybridized carbons (Fsp3) is 0.625. The molecule has 1 aromatic carbocycles. The molecule has 1 fully saturated rings. The first-order chi connectivity index (χ1) is 9.22. The summed E-state index contributed by atoms with van der Waals surface area (Å²) < 4.78 is 11.4. The van der Waals surface area contributed by atoms with Gasteiger partial charge in [0.1, 0.15) is 5.75 Å². The van der Waals surface area contributed by atoms with Gasteiger partial charge < -0.3 is 9.16 Å². The van der Waals surface area contributed by atoms with Gasteiger partial charge in [0.2, 0.25) is 0 Å². The Morgan fingerprint density at radius 2 is 1.89 bits per heavy atom. The summed E-state index contributed by atoms with van der Waals surface area (Å²) in [5.41, 5.74) is 1.71. The second kappa shape index (κ2) is 6.57. The highest BCUT2D eigenvalue weighted by atomic mass is 28.2. The first kappa shape index (κ1) is 14.6. The lowest BCUT2D eigenvalue weighted by molar-refractivity contribution is 0.0272. The van der Waals surface area contributed by atoms with Gasteiger partial charge in [-0.15, -0.1) is 0 Å². The monoisotopic (exact) mass is 278 g/mol. The van der Waals surface area contributed by atoms with E-state index in [2.05, 4.69) is 31.2 Å². The number of benzene rings is 1. The predicted molar refractivity (Wildman–Crippen MR) is 82.6 cm³/mol. The Bertz CT molecular complexity index is 399. The number of hydrogen-bond donors (Lipinski definition) is 0. The molecule has 0 saturated heterocycles. The lowest BCUT2D eigenvalue weighted by Gasteiger charge is -2.38. The van der Waals surface area contributed by atoms with Crippen molar-refractivity contribution in [3.05, 3.63) is 29.8 Å². The van der Waals surface area contributed by atoms with Gasteiger partial charge in [-0.1, -0.05) is 44.4 Å². The second-order valence-electron chi connectivity index (χ2n) is 5.61. The summed E-state index contributed by atoms with van der Waals surface area (Å²) in [5, 5.41) is 0. The van der Waals surface area contributed by atoms with Crippen LogP contribution in [-0.4, -0.2) is 16.8 Å². The van der Waals surface area contributed by atoms with E-state index in [0.29, 0.717) is 15.9 Å². The van der Waals surface area contributed by atoms with Crippen LogP contribution in [0.1, 0.15) is 57.9 Å². The summed E-state index contributed by atoms with van der Waals surface area (Å²) >= 11 is 0. The molecule has 0 amide bonds. The average molecular weight is 278 g/mol. The summed E-state index contributed by atoms with van der Waals surface area (Å²) in [4.78, 5) is 0. The number of rotatable bonds is 5. The SMILES string of the molecule is CCC1(c2ccccc2OC(C)O[SiH3])CCCCC1. The molecule has 1 aliphatic carbocycles. The Morgan fingerprint density at radius 1 is 1.21 bits per heavy atom. The quantitative estimate of drug-likeness (QED) is 0.607. The molecule has 3 heteroatoms. The molecule has 0 bridgehead atoms. The summed E-state index contributed by atoms with van der Waals surface area (Å²) in [6, 6.07) is 8.55. The zero-order valence-electron chi connectivity index (χ0n) is 12.4. The molecule has 19 heavy (non-hydrogen) atoms. The number of ether oxygens (including phenoxy) is 1. The van der Waals surface area contributed by atoms with Crippen molar-refractivity contribution in [2.45, 2.75) is 64.1 Å². The number of hydrogen-bond acceptors (Lipinski definition) is 2. The van der Waals surface area contributed by atoms with Crippen molar-refractivity contribution >= 4 is 10.5 Å². The molecular formula is C16H26O2Si. The third-order valence-electron chi connectivity index (χ3n) is 4.57. The molecule has 1 aromatic rings. The van der Waals surface area contributed by atoms with Gasteiger partial charge in [-0.2, -0.15) is 0 Å². The van der Waals surface area contributed by atoms with Crippen molar-refractivity contribution in [1.82, 2.24) is 0 Å². The molecule has 1 unspecified atom stereocenters. The van der Waals surface area contributed by atoms with E-state index in [1.54, 1.807) is 0 Å². The van der Waals surface area contributed by atoms with Crippen molar-refractivity contribution in [3.63, 3.8) is 0 Å². The third-order valence-corrected chi connectivity index (χ3v) is 5.23. The molecule has 2 rings (SSSR count). The first-order valence-electron chi connectivity index (χ1n) is 7.51. The Balaban J connectivity index is 2.31. The van der Waals surface area contributed by atoms with Gasteiger partial charge in [-0.05, 0) is 37.7 Å². The third kappa shape index (κ3) is 3.21. The average Bonchev–Trinajstić information content (AvgIpc) is 2.48. The van der Waals surface area contributed by atoms with E-state index in [1.807, 2.05) is 6.92 Å². The van der Waals surface area contributed by atoms with E-state index in [9.17, 15) is 0 Å². The lowest BCUT2D eigenvalue weighted by atomic mass is 9.67. The minimum absolute atomic E-state index is 0.134. The van der Waals surface area contributed by atoms with E-state index in [0.717, 1.165) is 5.75 Å². The van der Waals surface area contributed by atoms with Crippen molar-refractivity contribution in [3.8, 4) is 5.75 Å². The maximum Gasteiger partial charge on any atom is 0.187 e. The van der Waals surface area contributed by atoms with Crippen LogP contribution in [0.3, 0.4) is 0 Å². The zero-order chi connectivity index (χ0) is 13.7. The lowest BCUT2D eigenvalue weighted by Crippen LogP contribution is -2.29. The molecule has 0 radical (unpaired) electrons. The highest BCUT2D eigenvalue weighted by molar-refractivity contribution is 5.98. The van der Waals surface area contributed by atoms with E-state index >= 15 is 0 Å². The molecule has 1 aliphatic rings. The second-order valence-corrected chi connectivity index (χ2v) is 6.08. The predicted octanol–water partition coefficient (Wildman–Crippen LogP) is 3.32. The molecule has 106 valence electrons. The Hall–Kier alpha value is -0.803. The molecule has 0 N–H and O–H groups in total. The summed E-state index contributed by atoms with van der Waals surface area (Å²) in [7, 11) is 0.710. The van der Waals surface area contributed by atoms with Crippen molar-refractivity contribution < 1.29 is 9.16 Å². The van der Waals surface area contributed by atoms with E-state index in [-0.39, 0.29) is 6.29 Å². The van der Waals surface area contributed by atoms with Gasteiger partial charge in [0.15, 0.2) is 16.8 Å². The van der Waals surface area contributed by atoms with Crippen molar-refractivity contribution in [1.29, 1.82) is 0 Å². The normalized spacial score (nSPS) is 20.1. The standard InChI is InChI=1S/C16H26O2Si/c1-3-16(11-7-4-8-12-16)14-9-5-6-10-15(14)17-13(2)18-19/h5-6,9-10,13H,3-4,7-8,11-12H2,1-2,19H3. The van der Waals surface area contributed by atoms with Crippen LogP contribution >= 0.6 is 0 Å². The van der Waals surface area contributed by atoms with Crippen LogP contribution in [0.25, 0.3) is 0 Å². The summed E-state index contributed by atoms with van der Waals surface area (Å²) in [5.74, 6) is 1.02. The Labute approximate surface area is 120 Å². The maximum atomic E-state index is 5.99. The van der Waals surface area contributed by atoms with E-state index in [1.165, 1.54) is 44.1 Å². The highest BCUT2D eigenvalue weighted by Crippen LogP contribution is 2.45. The van der Waals surface area contributed by atoms with Crippen LogP contribution in [0.15, 0.2) is 24.3 Å². The minimum atomic E-state index is -0.134. The van der Waals surface area contributed by atoms with Gasteiger partial charge in [-0.25, -0.2) is 0 Å². The molecule has 0 aromatic heterocycles.